The van der Waals surface area contributed by atoms with Gasteiger partial charge in [-0.3, -0.25) is 4.79 Å². The number of rotatable bonds is 4. The molecule has 1 aromatic heterocycles. The molecule has 0 bridgehead atoms. The summed E-state index contributed by atoms with van der Waals surface area (Å²) in [5.74, 6) is -0.109. The molecule has 24 heavy (non-hydrogen) atoms. The van der Waals surface area contributed by atoms with Crippen LogP contribution in [-0.2, 0) is 16.0 Å². The van der Waals surface area contributed by atoms with Crippen molar-refractivity contribution in [2.75, 3.05) is 25.1 Å². The van der Waals surface area contributed by atoms with Gasteiger partial charge in [0.05, 0.1) is 18.9 Å². The third kappa shape index (κ3) is 4.68. The molecule has 2 aromatic rings. The molecule has 1 aromatic carbocycles. The normalized spacial score (nSPS) is 17.2. The Labute approximate surface area is 156 Å². The summed E-state index contributed by atoms with van der Waals surface area (Å²) in [6.45, 7) is 3.66. The SMILES string of the molecule is Cc1nc(NC(=O)C2COCCN2)sc1Cc1ccccc1Cl.Cl. The number of hydrogen-bond acceptors (Lipinski definition) is 5. The fourth-order valence-corrected chi connectivity index (χ4v) is 3.58. The number of thiazole rings is 1. The van der Waals surface area contributed by atoms with Gasteiger partial charge in [0.2, 0.25) is 5.91 Å². The quantitative estimate of drug-likeness (QED) is 0.845. The van der Waals surface area contributed by atoms with Crippen LogP contribution in [0.2, 0.25) is 5.02 Å². The van der Waals surface area contributed by atoms with Crippen LogP contribution in [0.5, 0.6) is 0 Å². The summed E-state index contributed by atoms with van der Waals surface area (Å²) in [5, 5.41) is 7.35. The van der Waals surface area contributed by atoms with Gasteiger partial charge in [0.15, 0.2) is 5.13 Å². The van der Waals surface area contributed by atoms with Crippen LogP contribution in [0.4, 0.5) is 5.13 Å². The molecule has 1 atom stereocenters. The van der Waals surface area contributed by atoms with Gasteiger partial charge in [-0.2, -0.15) is 0 Å². The van der Waals surface area contributed by atoms with Crippen LogP contribution in [-0.4, -0.2) is 36.7 Å². The summed E-state index contributed by atoms with van der Waals surface area (Å²) in [6.07, 6.45) is 0.712. The number of benzene rings is 1. The number of halogens is 2. The minimum Gasteiger partial charge on any atom is -0.378 e. The van der Waals surface area contributed by atoms with E-state index in [0.717, 1.165) is 21.2 Å². The Hall–Kier alpha value is -1.18. The molecule has 1 amide bonds. The van der Waals surface area contributed by atoms with E-state index >= 15 is 0 Å². The average Bonchev–Trinajstić information content (AvgIpc) is 2.90. The number of nitrogens with zero attached hydrogens (tertiary/aromatic N) is 1. The van der Waals surface area contributed by atoms with Crippen LogP contribution in [0.15, 0.2) is 24.3 Å². The Kier molecular flexibility index (Phi) is 7.01. The molecule has 0 radical (unpaired) electrons. The maximum atomic E-state index is 12.2. The van der Waals surface area contributed by atoms with E-state index in [-0.39, 0.29) is 24.4 Å². The Morgan fingerprint density at radius 2 is 2.29 bits per heavy atom. The first-order valence-electron chi connectivity index (χ1n) is 7.45. The molecule has 1 aliphatic heterocycles. The van der Waals surface area contributed by atoms with Crippen LogP contribution >= 0.6 is 35.3 Å². The fourth-order valence-electron chi connectivity index (χ4n) is 2.39. The van der Waals surface area contributed by atoms with E-state index in [1.54, 1.807) is 0 Å². The van der Waals surface area contributed by atoms with Gasteiger partial charge in [0.1, 0.15) is 6.04 Å². The van der Waals surface area contributed by atoms with E-state index in [0.29, 0.717) is 31.3 Å². The first-order chi connectivity index (χ1) is 11.1. The molecule has 130 valence electrons. The highest BCUT2D eigenvalue weighted by Gasteiger charge is 2.22. The third-order valence-corrected chi connectivity index (χ3v) is 5.11. The lowest BCUT2D eigenvalue weighted by Crippen LogP contribution is -2.48. The molecule has 8 heteroatoms. The van der Waals surface area contributed by atoms with E-state index in [1.807, 2.05) is 31.2 Å². The van der Waals surface area contributed by atoms with Crippen LogP contribution in [0.3, 0.4) is 0 Å². The highest BCUT2D eigenvalue weighted by molar-refractivity contribution is 7.15. The van der Waals surface area contributed by atoms with Gasteiger partial charge in [0.25, 0.3) is 0 Å². The molecule has 1 saturated heterocycles. The maximum absolute atomic E-state index is 12.2. The molecule has 5 nitrogen and oxygen atoms in total. The van der Waals surface area contributed by atoms with Crippen LogP contribution in [0.1, 0.15) is 16.1 Å². The van der Waals surface area contributed by atoms with Gasteiger partial charge in [-0.25, -0.2) is 4.98 Å². The smallest absolute Gasteiger partial charge is 0.245 e. The second-order valence-electron chi connectivity index (χ2n) is 5.37. The minimum absolute atomic E-state index is 0. The molecular weight excluding hydrogens is 369 g/mol. The lowest BCUT2D eigenvalue weighted by Gasteiger charge is -2.22. The lowest BCUT2D eigenvalue weighted by atomic mass is 10.1. The Balaban J connectivity index is 0.00000208. The van der Waals surface area contributed by atoms with Crippen molar-refractivity contribution in [2.45, 2.75) is 19.4 Å². The van der Waals surface area contributed by atoms with E-state index in [9.17, 15) is 4.79 Å². The molecule has 1 fully saturated rings. The summed E-state index contributed by atoms with van der Waals surface area (Å²) >= 11 is 7.70. The third-order valence-electron chi connectivity index (χ3n) is 3.67. The van der Waals surface area contributed by atoms with Gasteiger partial charge >= 0.3 is 0 Å². The molecule has 2 heterocycles. The number of morpholine rings is 1. The van der Waals surface area contributed by atoms with Crippen molar-refractivity contribution in [2.24, 2.45) is 0 Å². The maximum Gasteiger partial charge on any atom is 0.245 e. The van der Waals surface area contributed by atoms with Crippen molar-refractivity contribution in [1.82, 2.24) is 10.3 Å². The zero-order valence-electron chi connectivity index (χ0n) is 13.2. The summed E-state index contributed by atoms with van der Waals surface area (Å²) in [7, 11) is 0. The lowest BCUT2D eigenvalue weighted by molar-refractivity contribution is -0.120. The number of nitrogens with one attached hydrogen (secondary N) is 2. The van der Waals surface area contributed by atoms with E-state index in [4.69, 9.17) is 16.3 Å². The molecular formula is C16H19Cl2N3O2S. The largest absolute Gasteiger partial charge is 0.378 e. The summed E-state index contributed by atoms with van der Waals surface area (Å²) in [6, 6.07) is 7.44. The molecule has 0 aliphatic carbocycles. The highest BCUT2D eigenvalue weighted by Crippen LogP contribution is 2.27. The van der Waals surface area contributed by atoms with Crippen molar-refractivity contribution in [3.63, 3.8) is 0 Å². The van der Waals surface area contributed by atoms with E-state index < -0.39 is 0 Å². The number of carbonyl (C=O) groups excluding carboxylic acids is 1. The number of aromatic nitrogens is 1. The summed E-state index contributed by atoms with van der Waals surface area (Å²) < 4.78 is 5.31. The van der Waals surface area contributed by atoms with Crippen LogP contribution in [0, 0.1) is 6.92 Å². The van der Waals surface area contributed by atoms with Gasteiger partial charge in [0, 0.05) is 22.9 Å². The van der Waals surface area contributed by atoms with E-state index in [1.165, 1.54) is 11.3 Å². The molecule has 2 N–H and O–H groups in total. The van der Waals surface area contributed by atoms with Gasteiger partial charge in [-0.1, -0.05) is 29.8 Å². The number of aryl methyl sites for hydroxylation is 1. The summed E-state index contributed by atoms with van der Waals surface area (Å²) in [5.41, 5.74) is 1.97. The standard InChI is InChI=1S/C16H18ClN3O2S.ClH/c1-10-14(8-11-4-2-3-5-12(11)17)23-16(19-10)20-15(21)13-9-22-7-6-18-13;/h2-5,13,18H,6-9H2,1H3,(H,19,20,21);1H. The van der Waals surface area contributed by atoms with Crippen molar-refractivity contribution in [3.8, 4) is 0 Å². The molecule has 1 unspecified atom stereocenters. The van der Waals surface area contributed by atoms with Crippen molar-refractivity contribution in [3.05, 3.63) is 45.4 Å². The van der Waals surface area contributed by atoms with Crippen molar-refractivity contribution in [1.29, 1.82) is 0 Å². The number of carbonyl (C=O) groups is 1. The van der Waals surface area contributed by atoms with Gasteiger partial charge < -0.3 is 15.4 Å². The van der Waals surface area contributed by atoms with Crippen LogP contribution in [0.25, 0.3) is 0 Å². The topological polar surface area (TPSA) is 63.2 Å². The first kappa shape index (κ1) is 19.1. The predicted molar refractivity (Wildman–Crippen MR) is 99.6 cm³/mol. The molecule has 3 rings (SSSR count). The second-order valence-corrected chi connectivity index (χ2v) is 6.86. The Morgan fingerprint density at radius 3 is 3.00 bits per heavy atom. The summed E-state index contributed by atoms with van der Waals surface area (Å²) in [4.78, 5) is 17.7. The van der Waals surface area contributed by atoms with Crippen LogP contribution < -0.4 is 10.6 Å². The van der Waals surface area contributed by atoms with Gasteiger partial charge in [-0.15, -0.1) is 23.7 Å². The zero-order chi connectivity index (χ0) is 16.2. The second kappa shape index (κ2) is 8.78. The number of amides is 1. The Morgan fingerprint density at radius 1 is 1.50 bits per heavy atom. The monoisotopic (exact) mass is 387 g/mol. The van der Waals surface area contributed by atoms with Crippen molar-refractivity contribution >= 4 is 46.4 Å². The fraction of sp³-hybridized carbons (Fsp3) is 0.375. The van der Waals surface area contributed by atoms with E-state index in [2.05, 4.69) is 15.6 Å². The molecule has 1 aliphatic rings. The van der Waals surface area contributed by atoms with Crippen molar-refractivity contribution < 1.29 is 9.53 Å². The molecule has 0 spiro atoms. The van der Waals surface area contributed by atoms with Gasteiger partial charge in [-0.05, 0) is 18.6 Å². The minimum atomic E-state index is -0.319. The first-order valence-corrected chi connectivity index (χ1v) is 8.64. The number of anilines is 1. The highest BCUT2D eigenvalue weighted by atomic mass is 35.5. The number of ether oxygens (including phenoxy) is 1. The average molecular weight is 388 g/mol. The number of hydrogen-bond donors (Lipinski definition) is 2. The predicted octanol–water partition coefficient (Wildman–Crippen LogP) is 3.04. The zero-order valence-corrected chi connectivity index (χ0v) is 15.6. The Bertz CT molecular complexity index is 702. The molecule has 0 saturated carbocycles.